The molecule has 0 spiro atoms. The fourth-order valence-corrected chi connectivity index (χ4v) is 3.14. The summed E-state index contributed by atoms with van der Waals surface area (Å²) < 4.78 is 5.62. The molecular formula is C18H21NO5. The molecule has 24 heavy (non-hydrogen) atoms. The van der Waals surface area contributed by atoms with E-state index in [1.165, 1.54) is 0 Å². The number of hydrogen-bond acceptors (Lipinski definition) is 4. The Labute approximate surface area is 139 Å². The SMILES string of the molecule is Cc1ccc2c(CC(=O)N3CCC(O)(C(=O)O)CC3)coc2c1C. The van der Waals surface area contributed by atoms with E-state index in [2.05, 4.69) is 0 Å². The number of rotatable bonds is 3. The first-order valence-electron chi connectivity index (χ1n) is 8.01. The number of nitrogens with zero attached hydrogens (tertiary/aromatic N) is 1. The molecule has 0 bridgehead atoms. The molecule has 2 heterocycles. The Morgan fingerprint density at radius 1 is 1.25 bits per heavy atom. The molecule has 2 N–H and O–H groups in total. The van der Waals surface area contributed by atoms with E-state index < -0.39 is 11.6 Å². The van der Waals surface area contributed by atoms with Crippen LogP contribution in [-0.2, 0) is 16.0 Å². The van der Waals surface area contributed by atoms with Crippen molar-refractivity contribution in [2.75, 3.05) is 13.1 Å². The Hall–Kier alpha value is -2.34. The number of hydrogen-bond donors (Lipinski definition) is 2. The normalized spacial score (nSPS) is 17.2. The van der Waals surface area contributed by atoms with E-state index >= 15 is 0 Å². The van der Waals surface area contributed by atoms with Gasteiger partial charge in [-0.1, -0.05) is 12.1 Å². The Balaban J connectivity index is 1.72. The van der Waals surface area contributed by atoms with Crippen molar-refractivity contribution in [1.82, 2.24) is 4.90 Å². The van der Waals surface area contributed by atoms with Crippen LogP contribution in [0.2, 0.25) is 0 Å². The summed E-state index contributed by atoms with van der Waals surface area (Å²) in [7, 11) is 0. The number of carboxylic acid groups (broad SMARTS) is 1. The zero-order valence-electron chi connectivity index (χ0n) is 13.8. The number of furan rings is 1. The second-order valence-corrected chi connectivity index (χ2v) is 6.54. The molecule has 0 radical (unpaired) electrons. The zero-order chi connectivity index (χ0) is 17.5. The predicted octanol–water partition coefficient (Wildman–Crippen LogP) is 2.03. The average molecular weight is 331 g/mol. The van der Waals surface area contributed by atoms with Crippen molar-refractivity contribution in [3.05, 3.63) is 35.1 Å². The molecule has 1 aliphatic rings. The van der Waals surface area contributed by atoms with Gasteiger partial charge in [-0.3, -0.25) is 4.79 Å². The van der Waals surface area contributed by atoms with Crippen LogP contribution >= 0.6 is 0 Å². The van der Waals surface area contributed by atoms with Crippen LogP contribution < -0.4 is 0 Å². The quantitative estimate of drug-likeness (QED) is 0.898. The van der Waals surface area contributed by atoms with Gasteiger partial charge in [0, 0.05) is 36.9 Å². The van der Waals surface area contributed by atoms with Gasteiger partial charge in [-0.2, -0.15) is 0 Å². The largest absolute Gasteiger partial charge is 0.479 e. The fourth-order valence-electron chi connectivity index (χ4n) is 3.14. The number of likely N-dealkylation sites (tertiary alicyclic amines) is 1. The van der Waals surface area contributed by atoms with Gasteiger partial charge in [0.2, 0.25) is 5.91 Å². The Morgan fingerprint density at radius 3 is 2.54 bits per heavy atom. The predicted molar refractivity (Wildman–Crippen MR) is 87.8 cm³/mol. The molecule has 6 nitrogen and oxygen atoms in total. The number of amides is 1. The lowest BCUT2D eigenvalue weighted by atomic mass is 9.91. The molecule has 0 unspecified atom stereocenters. The smallest absolute Gasteiger partial charge is 0.335 e. The highest BCUT2D eigenvalue weighted by molar-refractivity contribution is 5.89. The van der Waals surface area contributed by atoms with Crippen LogP contribution in [0.3, 0.4) is 0 Å². The molecule has 1 aromatic carbocycles. The number of piperidine rings is 1. The Kier molecular flexibility index (Phi) is 4.09. The molecule has 6 heteroatoms. The van der Waals surface area contributed by atoms with Crippen molar-refractivity contribution >= 4 is 22.8 Å². The number of fused-ring (bicyclic) bond motifs is 1. The number of aliphatic hydroxyl groups is 1. The van der Waals surface area contributed by atoms with Crippen LogP contribution in [0.1, 0.15) is 29.5 Å². The Morgan fingerprint density at radius 2 is 1.92 bits per heavy atom. The van der Waals surface area contributed by atoms with E-state index in [4.69, 9.17) is 9.52 Å². The average Bonchev–Trinajstić information content (AvgIpc) is 2.95. The van der Waals surface area contributed by atoms with Crippen molar-refractivity contribution in [1.29, 1.82) is 0 Å². The minimum absolute atomic E-state index is 0.0541. The minimum atomic E-state index is -1.71. The van der Waals surface area contributed by atoms with Crippen LogP contribution in [0.4, 0.5) is 0 Å². The first-order valence-corrected chi connectivity index (χ1v) is 8.01. The summed E-state index contributed by atoms with van der Waals surface area (Å²) in [5.74, 6) is -1.30. The van der Waals surface area contributed by atoms with Gasteiger partial charge in [0.05, 0.1) is 12.7 Å². The highest BCUT2D eigenvalue weighted by Crippen LogP contribution is 2.28. The highest BCUT2D eigenvalue weighted by Gasteiger charge is 2.40. The van der Waals surface area contributed by atoms with Gasteiger partial charge in [-0.15, -0.1) is 0 Å². The molecule has 1 aliphatic heterocycles. The maximum absolute atomic E-state index is 12.5. The highest BCUT2D eigenvalue weighted by atomic mass is 16.4. The minimum Gasteiger partial charge on any atom is -0.479 e. The van der Waals surface area contributed by atoms with Crippen LogP contribution in [-0.4, -0.2) is 45.7 Å². The first kappa shape index (κ1) is 16.5. The van der Waals surface area contributed by atoms with Gasteiger partial charge in [0.25, 0.3) is 0 Å². The van der Waals surface area contributed by atoms with E-state index in [-0.39, 0.29) is 38.3 Å². The van der Waals surface area contributed by atoms with Crippen LogP contribution in [0.5, 0.6) is 0 Å². The van der Waals surface area contributed by atoms with Crippen molar-refractivity contribution < 1.29 is 24.2 Å². The summed E-state index contributed by atoms with van der Waals surface area (Å²) in [5, 5.41) is 19.9. The molecule has 128 valence electrons. The number of aryl methyl sites for hydroxylation is 2. The third kappa shape index (κ3) is 2.78. The van der Waals surface area contributed by atoms with Crippen molar-refractivity contribution in [2.24, 2.45) is 0 Å². The molecule has 0 atom stereocenters. The molecule has 0 saturated carbocycles. The molecule has 1 fully saturated rings. The molecule has 1 aromatic heterocycles. The van der Waals surface area contributed by atoms with Gasteiger partial charge >= 0.3 is 5.97 Å². The van der Waals surface area contributed by atoms with Gasteiger partial charge in [-0.25, -0.2) is 4.79 Å². The van der Waals surface area contributed by atoms with Crippen molar-refractivity contribution in [3.8, 4) is 0 Å². The molecule has 0 aliphatic carbocycles. The maximum Gasteiger partial charge on any atom is 0.335 e. The van der Waals surface area contributed by atoms with E-state index in [0.717, 1.165) is 27.7 Å². The lowest BCUT2D eigenvalue weighted by Gasteiger charge is -2.35. The summed E-state index contributed by atoms with van der Waals surface area (Å²) in [4.78, 5) is 25.2. The number of carbonyl (C=O) groups excluding carboxylic acids is 1. The third-order valence-electron chi connectivity index (χ3n) is 5.02. The fraction of sp³-hybridized carbons (Fsp3) is 0.444. The molecular weight excluding hydrogens is 310 g/mol. The van der Waals surface area contributed by atoms with E-state index in [1.807, 2.05) is 26.0 Å². The first-order chi connectivity index (χ1) is 11.3. The van der Waals surface area contributed by atoms with Gasteiger partial charge in [-0.05, 0) is 25.0 Å². The lowest BCUT2D eigenvalue weighted by molar-refractivity contribution is -0.165. The molecule has 1 saturated heterocycles. The summed E-state index contributed by atoms with van der Waals surface area (Å²) in [6.07, 6.45) is 1.94. The van der Waals surface area contributed by atoms with Crippen LogP contribution in [0.15, 0.2) is 22.8 Å². The summed E-state index contributed by atoms with van der Waals surface area (Å²) in [6.45, 7) is 4.49. The Bertz CT molecular complexity index is 799. The van der Waals surface area contributed by atoms with Crippen molar-refractivity contribution in [3.63, 3.8) is 0 Å². The standard InChI is InChI=1S/C18H21NO5/c1-11-3-4-14-13(10-24-16(14)12(11)2)9-15(20)19-7-5-18(23,6-8-19)17(21)22/h3-4,10,23H,5-9H2,1-2H3,(H,21,22). The molecule has 1 amide bonds. The molecule has 3 rings (SSSR count). The monoisotopic (exact) mass is 331 g/mol. The zero-order valence-corrected chi connectivity index (χ0v) is 13.8. The lowest BCUT2D eigenvalue weighted by Crippen LogP contribution is -2.51. The maximum atomic E-state index is 12.5. The number of carbonyl (C=O) groups is 2. The van der Waals surface area contributed by atoms with Gasteiger partial charge in [0.1, 0.15) is 5.58 Å². The van der Waals surface area contributed by atoms with Crippen LogP contribution in [0.25, 0.3) is 11.0 Å². The van der Waals surface area contributed by atoms with E-state index in [0.29, 0.717) is 0 Å². The van der Waals surface area contributed by atoms with Crippen molar-refractivity contribution in [2.45, 2.75) is 38.7 Å². The number of carboxylic acids is 1. The topological polar surface area (TPSA) is 91.0 Å². The van der Waals surface area contributed by atoms with E-state index in [9.17, 15) is 14.7 Å². The van der Waals surface area contributed by atoms with E-state index in [1.54, 1.807) is 11.2 Å². The second kappa shape index (κ2) is 5.94. The van der Waals surface area contributed by atoms with Crippen LogP contribution in [0, 0.1) is 13.8 Å². The number of aliphatic carboxylic acids is 1. The van der Waals surface area contributed by atoms with Gasteiger partial charge in [0.15, 0.2) is 5.60 Å². The summed E-state index contributed by atoms with van der Waals surface area (Å²) in [6, 6.07) is 3.97. The van der Waals surface area contributed by atoms with Gasteiger partial charge < -0.3 is 19.5 Å². The molecule has 2 aromatic rings. The number of benzene rings is 1. The second-order valence-electron chi connectivity index (χ2n) is 6.54. The summed E-state index contributed by atoms with van der Waals surface area (Å²) in [5.41, 5.74) is 2.12. The third-order valence-corrected chi connectivity index (χ3v) is 5.02. The summed E-state index contributed by atoms with van der Waals surface area (Å²) >= 11 is 0.